The third-order valence-electron chi connectivity index (χ3n) is 3.75. The standard InChI is InChI=1S/C17H14N2O4S/c1-13-15(11-12-18(20)21)16-9-5-6-10-17(16)19(13)24(22,23)14-7-3-2-4-8-14/h2-12H,1H3/b12-11+. The monoisotopic (exact) mass is 342 g/mol. The van der Waals surface area contributed by atoms with E-state index in [2.05, 4.69) is 0 Å². The lowest BCUT2D eigenvalue weighted by Crippen LogP contribution is -2.14. The Bertz CT molecular complexity index is 1050. The van der Waals surface area contributed by atoms with Crippen molar-refractivity contribution < 1.29 is 13.3 Å². The number of nitrogens with zero attached hydrogens (tertiary/aromatic N) is 2. The normalized spacial score (nSPS) is 12.0. The number of nitro groups is 1. The molecule has 1 aromatic heterocycles. The first-order chi connectivity index (χ1) is 11.4. The lowest BCUT2D eigenvalue weighted by molar-refractivity contribution is -0.400. The van der Waals surface area contributed by atoms with Crippen molar-refractivity contribution in [3.05, 3.63) is 82.2 Å². The Labute approximate surface area is 138 Å². The number of aromatic nitrogens is 1. The van der Waals surface area contributed by atoms with Gasteiger partial charge in [0, 0.05) is 22.7 Å². The zero-order valence-corrected chi connectivity index (χ0v) is 13.6. The zero-order valence-electron chi connectivity index (χ0n) is 12.8. The maximum atomic E-state index is 13.0. The van der Waals surface area contributed by atoms with Crippen LogP contribution in [0, 0.1) is 17.0 Å². The molecule has 3 rings (SSSR count). The number of fused-ring (bicyclic) bond motifs is 1. The van der Waals surface area contributed by atoms with Crippen LogP contribution in [0.5, 0.6) is 0 Å². The first-order valence-electron chi connectivity index (χ1n) is 7.15. The van der Waals surface area contributed by atoms with Crippen LogP contribution in [0.1, 0.15) is 11.3 Å². The highest BCUT2D eigenvalue weighted by Gasteiger charge is 2.23. The minimum Gasteiger partial charge on any atom is -0.259 e. The molecule has 0 unspecified atom stereocenters. The Morgan fingerprint density at radius 2 is 1.67 bits per heavy atom. The summed E-state index contributed by atoms with van der Waals surface area (Å²) in [6.07, 6.45) is 2.14. The van der Waals surface area contributed by atoms with E-state index >= 15 is 0 Å². The Hall–Kier alpha value is -2.93. The summed E-state index contributed by atoms with van der Waals surface area (Å²) in [4.78, 5) is 10.2. The molecular weight excluding hydrogens is 328 g/mol. The molecule has 0 N–H and O–H groups in total. The van der Waals surface area contributed by atoms with E-state index in [0.29, 0.717) is 22.2 Å². The minimum atomic E-state index is -3.80. The van der Waals surface area contributed by atoms with Crippen LogP contribution in [-0.4, -0.2) is 17.3 Å². The molecule has 0 radical (unpaired) electrons. The number of benzene rings is 2. The van der Waals surface area contributed by atoms with Gasteiger partial charge in [0.2, 0.25) is 6.20 Å². The molecule has 122 valence electrons. The maximum Gasteiger partial charge on any atom is 0.268 e. The van der Waals surface area contributed by atoms with Gasteiger partial charge in [-0.05, 0) is 25.1 Å². The molecule has 0 aliphatic heterocycles. The number of rotatable bonds is 4. The van der Waals surface area contributed by atoms with Gasteiger partial charge < -0.3 is 0 Å². The molecule has 0 amide bonds. The number of hydrogen-bond donors (Lipinski definition) is 0. The van der Waals surface area contributed by atoms with E-state index in [0.717, 1.165) is 6.20 Å². The fraction of sp³-hybridized carbons (Fsp3) is 0.0588. The first kappa shape index (κ1) is 15.9. The molecule has 3 aromatic rings. The van der Waals surface area contributed by atoms with Crippen molar-refractivity contribution in [1.82, 2.24) is 3.97 Å². The van der Waals surface area contributed by atoms with Crippen molar-refractivity contribution in [2.24, 2.45) is 0 Å². The third-order valence-corrected chi connectivity index (χ3v) is 5.57. The summed E-state index contributed by atoms with van der Waals surface area (Å²) < 4.78 is 27.3. The average molecular weight is 342 g/mol. The Morgan fingerprint density at radius 3 is 2.33 bits per heavy atom. The van der Waals surface area contributed by atoms with E-state index in [9.17, 15) is 18.5 Å². The zero-order chi connectivity index (χ0) is 17.3. The summed E-state index contributed by atoms with van der Waals surface area (Å²) in [6, 6.07) is 15.0. The van der Waals surface area contributed by atoms with Gasteiger partial charge in [0.05, 0.1) is 15.3 Å². The quantitative estimate of drug-likeness (QED) is 0.537. The largest absolute Gasteiger partial charge is 0.268 e. The van der Waals surface area contributed by atoms with Gasteiger partial charge in [-0.3, -0.25) is 10.1 Å². The van der Waals surface area contributed by atoms with Gasteiger partial charge in [-0.2, -0.15) is 0 Å². The van der Waals surface area contributed by atoms with Crippen LogP contribution in [0.15, 0.2) is 65.7 Å². The molecule has 0 fully saturated rings. The summed E-state index contributed by atoms with van der Waals surface area (Å²) >= 11 is 0. The van der Waals surface area contributed by atoms with E-state index < -0.39 is 14.9 Å². The molecule has 24 heavy (non-hydrogen) atoms. The molecule has 0 saturated heterocycles. The van der Waals surface area contributed by atoms with Crippen LogP contribution < -0.4 is 0 Å². The van der Waals surface area contributed by atoms with Crippen molar-refractivity contribution in [2.75, 3.05) is 0 Å². The molecule has 0 saturated carbocycles. The predicted octanol–water partition coefficient (Wildman–Crippen LogP) is 3.43. The molecule has 0 aliphatic rings. The first-order valence-corrected chi connectivity index (χ1v) is 8.59. The summed E-state index contributed by atoms with van der Waals surface area (Å²) in [5.41, 5.74) is 1.43. The fourth-order valence-electron chi connectivity index (χ4n) is 2.72. The van der Waals surface area contributed by atoms with Crippen LogP contribution in [0.2, 0.25) is 0 Å². The molecule has 0 aliphatic carbocycles. The molecule has 0 bridgehead atoms. The van der Waals surface area contributed by atoms with Crippen LogP contribution in [0.3, 0.4) is 0 Å². The van der Waals surface area contributed by atoms with Gasteiger partial charge in [-0.25, -0.2) is 12.4 Å². The van der Waals surface area contributed by atoms with Crippen molar-refractivity contribution in [3.63, 3.8) is 0 Å². The van der Waals surface area contributed by atoms with Crippen LogP contribution in [0.4, 0.5) is 0 Å². The SMILES string of the molecule is Cc1c(/C=C/[N+](=O)[O-])c2ccccc2n1S(=O)(=O)c1ccccc1. The van der Waals surface area contributed by atoms with Crippen molar-refractivity contribution in [3.8, 4) is 0 Å². The second kappa shape index (κ2) is 5.93. The molecule has 7 heteroatoms. The van der Waals surface area contributed by atoms with Crippen molar-refractivity contribution in [2.45, 2.75) is 11.8 Å². The van der Waals surface area contributed by atoms with Crippen molar-refractivity contribution >= 4 is 27.0 Å². The molecule has 0 atom stereocenters. The second-order valence-electron chi connectivity index (χ2n) is 5.20. The minimum absolute atomic E-state index is 0.165. The van der Waals surface area contributed by atoms with Crippen LogP contribution in [-0.2, 0) is 10.0 Å². The smallest absolute Gasteiger partial charge is 0.259 e. The average Bonchev–Trinajstić information content (AvgIpc) is 2.85. The second-order valence-corrected chi connectivity index (χ2v) is 6.99. The van der Waals surface area contributed by atoms with Gasteiger partial charge in [-0.15, -0.1) is 0 Å². The van der Waals surface area contributed by atoms with Gasteiger partial charge in [0.25, 0.3) is 10.0 Å². The van der Waals surface area contributed by atoms with E-state index in [-0.39, 0.29) is 4.90 Å². The highest BCUT2D eigenvalue weighted by molar-refractivity contribution is 7.90. The maximum absolute atomic E-state index is 13.0. The highest BCUT2D eigenvalue weighted by Crippen LogP contribution is 2.30. The Balaban J connectivity index is 2.34. The number of para-hydroxylation sites is 1. The number of hydrogen-bond acceptors (Lipinski definition) is 4. The summed E-state index contributed by atoms with van der Waals surface area (Å²) in [5, 5.41) is 11.3. The fourth-order valence-corrected chi connectivity index (χ4v) is 4.31. The van der Waals surface area contributed by atoms with Gasteiger partial charge >= 0.3 is 0 Å². The van der Waals surface area contributed by atoms with Gasteiger partial charge in [0.1, 0.15) is 0 Å². The summed E-state index contributed by atoms with van der Waals surface area (Å²) in [7, 11) is -3.80. The van der Waals surface area contributed by atoms with E-state index in [1.165, 1.54) is 22.2 Å². The van der Waals surface area contributed by atoms with E-state index in [4.69, 9.17) is 0 Å². The molecule has 1 heterocycles. The summed E-state index contributed by atoms with van der Waals surface area (Å²) in [5.74, 6) is 0. The Morgan fingerprint density at radius 1 is 1.04 bits per heavy atom. The lowest BCUT2D eigenvalue weighted by atomic mass is 10.1. The highest BCUT2D eigenvalue weighted by atomic mass is 32.2. The van der Waals surface area contributed by atoms with E-state index in [1.54, 1.807) is 49.4 Å². The lowest BCUT2D eigenvalue weighted by Gasteiger charge is -2.10. The molecular formula is C17H14N2O4S. The molecule has 2 aromatic carbocycles. The molecule has 6 nitrogen and oxygen atoms in total. The van der Waals surface area contributed by atoms with Gasteiger partial charge in [-0.1, -0.05) is 36.4 Å². The molecule has 0 spiro atoms. The van der Waals surface area contributed by atoms with Crippen LogP contribution >= 0.6 is 0 Å². The van der Waals surface area contributed by atoms with Crippen LogP contribution in [0.25, 0.3) is 17.0 Å². The topological polar surface area (TPSA) is 82.2 Å². The third kappa shape index (κ3) is 2.59. The Kier molecular flexibility index (Phi) is 3.94. The van der Waals surface area contributed by atoms with Crippen molar-refractivity contribution in [1.29, 1.82) is 0 Å². The van der Waals surface area contributed by atoms with Gasteiger partial charge in [0.15, 0.2) is 0 Å². The predicted molar refractivity (Wildman–Crippen MR) is 91.7 cm³/mol. The van der Waals surface area contributed by atoms with E-state index in [1.807, 2.05) is 0 Å². The summed E-state index contributed by atoms with van der Waals surface area (Å²) in [6.45, 7) is 1.64.